The van der Waals surface area contributed by atoms with Crippen LogP contribution in [0.1, 0.15) is 37.0 Å². The SMILES string of the molecule is CC(=O)Nc1ccc(C(=O)[C@H](C)N2CCCC2)cc1Cl. The van der Waals surface area contributed by atoms with Gasteiger partial charge in [0.15, 0.2) is 5.78 Å². The van der Waals surface area contributed by atoms with Crippen LogP contribution in [0.3, 0.4) is 0 Å². The van der Waals surface area contributed by atoms with E-state index in [0.29, 0.717) is 16.3 Å². The van der Waals surface area contributed by atoms with E-state index in [1.807, 2.05) is 6.92 Å². The fourth-order valence-corrected chi connectivity index (χ4v) is 2.72. The van der Waals surface area contributed by atoms with Crippen molar-refractivity contribution in [3.8, 4) is 0 Å². The molecule has 0 aromatic heterocycles. The maximum Gasteiger partial charge on any atom is 0.221 e. The van der Waals surface area contributed by atoms with Crippen LogP contribution in [-0.4, -0.2) is 35.7 Å². The molecule has 0 aliphatic carbocycles. The normalized spacial score (nSPS) is 16.9. The molecule has 1 saturated heterocycles. The average molecular weight is 295 g/mol. The van der Waals surface area contributed by atoms with Gasteiger partial charge in [-0.1, -0.05) is 11.6 Å². The molecule has 0 bridgehead atoms. The van der Waals surface area contributed by atoms with Gasteiger partial charge in [-0.05, 0) is 51.1 Å². The molecule has 4 nitrogen and oxygen atoms in total. The zero-order valence-electron chi connectivity index (χ0n) is 11.8. The highest BCUT2D eigenvalue weighted by molar-refractivity contribution is 6.34. The van der Waals surface area contributed by atoms with Gasteiger partial charge >= 0.3 is 0 Å². The summed E-state index contributed by atoms with van der Waals surface area (Å²) in [7, 11) is 0. The highest BCUT2D eigenvalue weighted by Gasteiger charge is 2.25. The van der Waals surface area contributed by atoms with Crippen molar-refractivity contribution in [1.29, 1.82) is 0 Å². The molecule has 1 amide bonds. The molecule has 1 atom stereocenters. The average Bonchev–Trinajstić information content (AvgIpc) is 2.93. The molecule has 0 saturated carbocycles. The Balaban J connectivity index is 2.14. The molecule has 1 aliphatic rings. The van der Waals surface area contributed by atoms with E-state index in [9.17, 15) is 9.59 Å². The number of hydrogen-bond acceptors (Lipinski definition) is 3. The molecule has 1 N–H and O–H groups in total. The third kappa shape index (κ3) is 3.38. The molecule has 0 radical (unpaired) electrons. The Bertz CT molecular complexity index is 525. The van der Waals surface area contributed by atoms with Crippen molar-refractivity contribution in [2.45, 2.75) is 32.7 Å². The van der Waals surface area contributed by atoms with E-state index in [-0.39, 0.29) is 17.7 Å². The maximum atomic E-state index is 12.4. The Labute approximate surface area is 124 Å². The van der Waals surface area contributed by atoms with E-state index >= 15 is 0 Å². The van der Waals surface area contributed by atoms with E-state index in [1.165, 1.54) is 6.92 Å². The molecule has 108 valence electrons. The number of Topliss-reactive ketones (excluding diaryl/α,β-unsaturated/α-hetero) is 1. The first-order valence-corrected chi connectivity index (χ1v) is 7.22. The van der Waals surface area contributed by atoms with Crippen LogP contribution in [0.25, 0.3) is 0 Å². The Hall–Kier alpha value is -1.39. The summed E-state index contributed by atoms with van der Waals surface area (Å²) in [5, 5.41) is 3.02. The number of hydrogen-bond donors (Lipinski definition) is 1. The van der Waals surface area contributed by atoms with Gasteiger partial charge in [0.05, 0.1) is 16.8 Å². The summed E-state index contributed by atoms with van der Waals surface area (Å²) < 4.78 is 0. The van der Waals surface area contributed by atoms with Gasteiger partial charge < -0.3 is 5.32 Å². The highest BCUT2D eigenvalue weighted by Crippen LogP contribution is 2.24. The Morgan fingerprint density at radius 1 is 1.30 bits per heavy atom. The smallest absolute Gasteiger partial charge is 0.221 e. The van der Waals surface area contributed by atoms with Crippen LogP contribution < -0.4 is 5.32 Å². The van der Waals surface area contributed by atoms with Gasteiger partial charge in [0.1, 0.15) is 0 Å². The predicted molar refractivity (Wildman–Crippen MR) is 80.4 cm³/mol. The van der Waals surface area contributed by atoms with Crippen molar-refractivity contribution in [3.63, 3.8) is 0 Å². The minimum Gasteiger partial charge on any atom is -0.325 e. The van der Waals surface area contributed by atoms with Crippen molar-refractivity contribution in [1.82, 2.24) is 4.90 Å². The van der Waals surface area contributed by atoms with Crippen LogP contribution >= 0.6 is 11.6 Å². The minimum absolute atomic E-state index is 0.0724. The lowest BCUT2D eigenvalue weighted by atomic mass is 10.0. The monoisotopic (exact) mass is 294 g/mol. The number of anilines is 1. The number of halogens is 1. The van der Waals surface area contributed by atoms with Gasteiger partial charge in [0.2, 0.25) is 5.91 Å². The standard InChI is InChI=1S/C15H19ClN2O2/c1-10(18-7-3-4-8-18)15(20)12-5-6-14(13(16)9-12)17-11(2)19/h5-6,9-10H,3-4,7-8H2,1-2H3,(H,17,19)/t10-/m0/s1. The van der Waals surface area contributed by atoms with E-state index in [1.54, 1.807) is 18.2 Å². The lowest BCUT2D eigenvalue weighted by Crippen LogP contribution is -2.36. The Morgan fingerprint density at radius 3 is 2.50 bits per heavy atom. The molecule has 0 unspecified atom stereocenters. The fourth-order valence-electron chi connectivity index (χ4n) is 2.50. The zero-order valence-corrected chi connectivity index (χ0v) is 12.5. The molecule has 1 heterocycles. The summed E-state index contributed by atoms with van der Waals surface area (Å²) in [4.78, 5) is 25.6. The molecule has 1 aromatic rings. The van der Waals surface area contributed by atoms with Crippen molar-refractivity contribution in [2.75, 3.05) is 18.4 Å². The molecule has 20 heavy (non-hydrogen) atoms. The second-order valence-electron chi connectivity index (χ2n) is 5.16. The molecular formula is C15H19ClN2O2. The molecular weight excluding hydrogens is 276 g/mol. The second-order valence-corrected chi connectivity index (χ2v) is 5.57. The van der Waals surface area contributed by atoms with E-state index < -0.39 is 0 Å². The molecule has 5 heteroatoms. The van der Waals surface area contributed by atoms with Crippen molar-refractivity contribution in [3.05, 3.63) is 28.8 Å². The van der Waals surface area contributed by atoms with Gasteiger partial charge in [-0.25, -0.2) is 0 Å². The van der Waals surface area contributed by atoms with Gasteiger partial charge in [0, 0.05) is 12.5 Å². The first-order valence-electron chi connectivity index (χ1n) is 6.84. The second kappa shape index (κ2) is 6.37. The van der Waals surface area contributed by atoms with Gasteiger partial charge in [0.25, 0.3) is 0 Å². The molecule has 1 aliphatic heterocycles. The Kier molecular flexibility index (Phi) is 4.78. The number of carbonyl (C=O) groups excluding carboxylic acids is 2. The van der Waals surface area contributed by atoms with Crippen LogP contribution in [-0.2, 0) is 4.79 Å². The number of rotatable bonds is 4. The molecule has 0 spiro atoms. The summed E-state index contributed by atoms with van der Waals surface area (Å²) in [6.07, 6.45) is 2.31. The summed E-state index contributed by atoms with van der Waals surface area (Å²) in [6, 6.07) is 4.89. The number of amides is 1. The summed E-state index contributed by atoms with van der Waals surface area (Å²) >= 11 is 6.10. The fraction of sp³-hybridized carbons (Fsp3) is 0.467. The van der Waals surface area contributed by atoms with E-state index in [2.05, 4.69) is 10.2 Å². The van der Waals surface area contributed by atoms with Crippen molar-refractivity contribution in [2.24, 2.45) is 0 Å². The number of benzene rings is 1. The van der Waals surface area contributed by atoms with Crippen molar-refractivity contribution < 1.29 is 9.59 Å². The van der Waals surface area contributed by atoms with Crippen LogP contribution in [0.2, 0.25) is 5.02 Å². The number of carbonyl (C=O) groups is 2. The maximum absolute atomic E-state index is 12.4. The lowest BCUT2D eigenvalue weighted by Gasteiger charge is -2.22. The summed E-state index contributed by atoms with van der Waals surface area (Å²) in [6.45, 7) is 5.31. The molecule has 1 fully saturated rings. The largest absolute Gasteiger partial charge is 0.325 e. The highest BCUT2D eigenvalue weighted by atomic mass is 35.5. The lowest BCUT2D eigenvalue weighted by molar-refractivity contribution is -0.114. The van der Waals surface area contributed by atoms with Crippen molar-refractivity contribution >= 4 is 29.0 Å². The first-order chi connectivity index (χ1) is 9.49. The van der Waals surface area contributed by atoms with E-state index in [0.717, 1.165) is 25.9 Å². The Morgan fingerprint density at radius 2 is 1.95 bits per heavy atom. The third-order valence-corrected chi connectivity index (χ3v) is 3.94. The predicted octanol–water partition coefficient (Wildman–Crippen LogP) is 2.97. The zero-order chi connectivity index (χ0) is 14.7. The van der Waals surface area contributed by atoms with Gasteiger partial charge in [-0.15, -0.1) is 0 Å². The van der Waals surface area contributed by atoms with E-state index in [4.69, 9.17) is 11.6 Å². The van der Waals surface area contributed by atoms with Crippen LogP contribution in [0.15, 0.2) is 18.2 Å². The topological polar surface area (TPSA) is 49.4 Å². The van der Waals surface area contributed by atoms with Crippen LogP contribution in [0.5, 0.6) is 0 Å². The third-order valence-electron chi connectivity index (χ3n) is 3.63. The van der Waals surface area contributed by atoms with Gasteiger partial charge in [-0.3, -0.25) is 14.5 Å². The quantitative estimate of drug-likeness (QED) is 0.869. The minimum atomic E-state index is -0.184. The number of ketones is 1. The molecule has 1 aromatic carbocycles. The molecule has 2 rings (SSSR count). The van der Waals surface area contributed by atoms with Gasteiger partial charge in [-0.2, -0.15) is 0 Å². The summed E-state index contributed by atoms with van der Waals surface area (Å²) in [5.41, 5.74) is 1.12. The first kappa shape index (κ1) is 15.0. The van der Waals surface area contributed by atoms with Crippen LogP contribution in [0.4, 0.5) is 5.69 Å². The summed E-state index contributed by atoms with van der Waals surface area (Å²) in [5.74, 6) is -0.111. The number of likely N-dealkylation sites (tertiary alicyclic amines) is 1. The number of nitrogens with one attached hydrogen (secondary N) is 1. The van der Waals surface area contributed by atoms with Crippen LogP contribution in [0, 0.1) is 0 Å². The number of nitrogens with zero attached hydrogens (tertiary/aromatic N) is 1.